The molecule has 0 saturated carbocycles. The van der Waals surface area contributed by atoms with Crippen molar-refractivity contribution >= 4 is 30.7 Å². The van der Waals surface area contributed by atoms with Crippen molar-refractivity contribution in [2.75, 3.05) is 20.1 Å². The highest BCUT2D eigenvalue weighted by Crippen LogP contribution is 2.13. The topological polar surface area (TPSA) is 58.4 Å². The Morgan fingerprint density at radius 3 is 2.47 bits per heavy atom. The van der Waals surface area contributed by atoms with Crippen LogP contribution in [0.1, 0.15) is 26.7 Å². The Bertz CT molecular complexity index is 227. The molecule has 0 aromatic carbocycles. The summed E-state index contributed by atoms with van der Waals surface area (Å²) in [5, 5.41) is 2.98. The van der Waals surface area contributed by atoms with Crippen LogP contribution in [-0.2, 0) is 4.79 Å². The van der Waals surface area contributed by atoms with Crippen LogP contribution in [0.4, 0.5) is 0 Å². The van der Waals surface area contributed by atoms with E-state index in [9.17, 15) is 4.79 Å². The van der Waals surface area contributed by atoms with Gasteiger partial charge in [-0.1, -0.05) is 6.92 Å². The normalized spacial score (nSPS) is 23.2. The number of likely N-dealkylation sites (N-methyl/N-ethyl adjacent to an activating group) is 1. The Kier molecular flexibility index (Phi) is 10.2. The maximum absolute atomic E-state index is 11.6. The first-order valence-corrected chi connectivity index (χ1v) is 5.76. The zero-order valence-electron chi connectivity index (χ0n) is 10.8. The average molecular weight is 286 g/mol. The van der Waals surface area contributed by atoms with Crippen LogP contribution in [-0.4, -0.2) is 43.0 Å². The summed E-state index contributed by atoms with van der Waals surface area (Å²) in [5.74, 6) is -0.0259. The molecule has 1 amide bonds. The third-order valence-electron chi connectivity index (χ3n) is 3.39. The van der Waals surface area contributed by atoms with Crippen molar-refractivity contribution in [1.82, 2.24) is 10.2 Å². The van der Waals surface area contributed by atoms with Gasteiger partial charge in [0.2, 0.25) is 5.91 Å². The molecule has 17 heavy (non-hydrogen) atoms. The summed E-state index contributed by atoms with van der Waals surface area (Å²) in [7, 11) is 2.11. The SMILES string of the molecule is CC(N)C(C)C(=O)NCC1CCCN1C.Cl.Cl. The van der Waals surface area contributed by atoms with E-state index in [0.29, 0.717) is 6.04 Å². The molecule has 0 aromatic rings. The highest BCUT2D eigenvalue weighted by atomic mass is 35.5. The van der Waals surface area contributed by atoms with Crippen LogP contribution < -0.4 is 11.1 Å². The molecule has 1 aliphatic rings. The Morgan fingerprint density at radius 2 is 2.06 bits per heavy atom. The number of rotatable bonds is 4. The fourth-order valence-corrected chi connectivity index (χ4v) is 1.86. The third-order valence-corrected chi connectivity index (χ3v) is 3.39. The molecular weight excluding hydrogens is 261 g/mol. The molecule has 0 radical (unpaired) electrons. The summed E-state index contributed by atoms with van der Waals surface area (Å²) in [6, 6.07) is 0.431. The van der Waals surface area contributed by atoms with Crippen molar-refractivity contribution < 1.29 is 4.79 Å². The smallest absolute Gasteiger partial charge is 0.224 e. The molecule has 6 heteroatoms. The lowest BCUT2D eigenvalue weighted by Crippen LogP contribution is -2.43. The number of carbonyl (C=O) groups excluding carboxylic acids is 1. The molecule has 3 unspecified atom stereocenters. The monoisotopic (exact) mass is 285 g/mol. The van der Waals surface area contributed by atoms with Crippen LogP contribution in [0.25, 0.3) is 0 Å². The number of halogens is 2. The number of hydrogen-bond donors (Lipinski definition) is 2. The molecule has 1 heterocycles. The van der Waals surface area contributed by atoms with Gasteiger partial charge in [0.25, 0.3) is 0 Å². The molecule has 1 aliphatic heterocycles. The number of amides is 1. The lowest BCUT2D eigenvalue weighted by atomic mass is 10.0. The second-order valence-corrected chi connectivity index (χ2v) is 4.67. The number of hydrogen-bond acceptors (Lipinski definition) is 3. The van der Waals surface area contributed by atoms with Crippen LogP contribution in [0.3, 0.4) is 0 Å². The summed E-state index contributed by atoms with van der Waals surface area (Å²) in [6.45, 7) is 5.64. The van der Waals surface area contributed by atoms with Gasteiger partial charge in [0.15, 0.2) is 0 Å². The van der Waals surface area contributed by atoms with E-state index in [0.717, 1.165) is 13.1 Å². The van der Waals surface area contributed by atoms with Crippen LogP contribution in [0.2, 0.25) is 0 Å². The molecule has 104 valence electrons. The molecule has 0 aromatic heterocycles. The fraction of sp³-hybridized carbons (Fsp3) is 0.909. The van der Waals surface area contributed by atoms with Gasteiger partial charge in [-0.15, -0.1) is 24.8 Å². The predicted molar refractivity (Wildman–Crippen MR) is 76.0 cm³/mol. The molecule has 0 aliphatic carbocycles. The summed E-state index contributed by atoms with van der Waals surface area (Å²) in [6.07, 6.45) is 2.42. The number of nitrogens with one attached hydrogen (secondary N) is 1. The number of likely N-dealkylation sites (tertiary alicyclic amines) is 1. The van der Waals surface area contributed by atoms with Crippen molar-refractivity contribution in [2.24, 2.45) is 11.7 Å². The minimum Gasteiger partial charge on any atom is -0.354 e. The van der Waals surface area contributed by atoms with Crippen molar-refractivity contribution in [3.63, 3.8) is 0 Å². The molecule has 1 fully saturated rings. The van der Waals surface area contributed by atoms with E-state index in [2.05, 4.69) is 17.3 Å². The lowest BCUT2D eigenvalue weighted by molar-refractivity contribution is -0.125. The van der Waals surface area contributed by atoms with E-state index in [1.54, 1.807) is 0 Å². The van der Waals surface area contributed by atoms with Gasteiger partial charge in [-0.3, -0.25) is 4.79 Å². The first-order chi connectivity index (χ1) is 7.02. The average Bonchev–Trinajstić information content (AvgIpc) is 2.59. The van der Waals surface area contributed by atoms with E-state index < -0.39 is 0 Å². The van der Waals surface area contributed by atoms with Crippen molar-refractivity contribution in [1.29, 1.82) is 0 Å². The van der Waals surface area contributed by atoms with Crippen molar-refractivity contribution in [3.8, 4) is 0 Å². The zero-order valence-corrected chi connectivity index (χ0v) is 12.4. The van der Waals surface area contributed by atoms with E-state index in [4.69, 9.17) is 5.73 Å². The van der Waals surface area contributed by atoms with Crippen LogP contribution in [0.15, 0.2) is 0 Å². The lowest BCUT2D eigenvalue weighted by Gasteiger charge is -2.21. The van der Waals surface area contributed by atoms with Gasteiger partial charge in [0.1, 0.15) is 0 Å². The second-order valence-electron chi connectivity index (χ2n) is 4.67. The summed E-state index contributed by atoms with van der Waals surface area (Å²) < 4.78 is 0. The standard InChI is InChI=1S/C11H23N3O.2ClH/c1-8(9(2)12)11(15)13-7-10-5-4-6-14(10)3;;/h8-10H,4-7,12H2,1-3H3,(H,13,15);2*1H. The maximum atomic E-state index is 11.6. The highest BCUT2D eigenvalue weighted by molar-refractivity contribution is 5.85. The molecule has 3 N–H and O–H groups in total. The predicted octanol–water partition coefficient (Wildman–Crippen LogP) is 1.02. The molecular formula is C11H25Cl2N3O. The van der Waals surface area contributed by atoms with Gasteiger partial charge in [-0.25, -0.2) is 0 Å². The molecule has 0 spiro atoms. The first kappa shape index (κ1) is 19.3. The molecule has 4 nitrogen and oxygen atoms in total. The quantitative estimate of drug-likeness (QED) is 0.811. The molecule has 0 bridgehead atoms. The summed E-state index contributed by atoms with van der Waals surface area (Å²) in [5.41, 5.74) is 5.68. The van der Waals surface area contributed by atoms with Gasteiger partial charge in [-0.2, -0.15) is 0 Å². The van der Waals surface area contributed by atoms with E-state index >= 15 is 0 Å². The van der Waals surface area contributed by atoms with Gasteiger partial charge in [0, 0.05) is 24.5 Å². The van der Waals surface area contributed by atoms with Crippen LogP contribution in [0.5, 0.6) is 0 Å². The van der Waals surface area contributed by atoms with Gasteiger partial charge in [0.05, 0.1) is 0 Å². The van der Waals surface area contributed by atoms with Gasteiger partial charge < -0.3 is 16.0 Å². The van der Waals surface area contributed by atoms with E-state index in [1.807, 2.05) is 13.8 Å². The third kappa shape index (κ3) is 5.91. The maximum Gasteiger partial charge on any atom is 0.224 e. The number of carbonyl (C=O) groups is 1. The molecule has 1 rings (SSSR count). The zero-order chi connectivity index (χ0) is 11.4. The minimum absolute atomic E-state index is 0. The Balaban J connectivity index is 0. The Morgan fingerprint density at radius 1 is 1.47 bits per heavy atom. The van der Waals surface area contributed by atoms with E-state index in [1.165, 1.54) is 12.8 Å². The second kappa shape index (κ2) is 8.97. The first-order valence-electron chi connectivity index (χ1n) is 5.76. The Hall–Kier alpha value is -0.0300. The molecule has 1 saturated heterocycles. The number of nitrogens with zero attached hydrogens (tertiary/aromatic N) is 1. The summed E-state index contributed by atoms with van der Waals surface area (Å²) >= 11 is 0. The Labute approximate surface area is 117 Å². The van der Waals surface area contributed by atoms with E-state index in [-0.39, 0.29) is 42.7 Å². The van der Waals surface area contributed by atoms with Crippen molar-refractivity contribution in [2.45, 2.75) is 38.8 Å². The van der Waals surface area contributed by atoms with Crippen molar-refractivity contribution in [3.05, 3.63) is 0 Å². The minimum atomic E-state index is -0.100. The van der Waals surface area contributed by atoms with Crippen LogP contribution in [0, 0.1) is 5.92 Å². The fourth-order valence-electron chi connectivity index (χ4n) is 1.86. The molecule has 3 atom stereocenters. The highest BCUT2D eigenvalue weighted by Gasteiger charge is 2.23. The largest absolute Gasteiger partial charge is 0.354 e. The van der Waals surface area contributed by atoms with Gasteiger partial charge >= 0.3 is 0 Å². The number of nitrogens with two attached hydrogens (primary N) is 1. The van der Waals surface area contributed by atoms with Crippen LogP contribution >= 0.6 is 24.8 Å². The van der Waals surface area contributed by atoms with Gasteiger partial charge in [-0.05, 0) is 33.4 Å². The summed E-state index contributed by atoms with van der Waals surface area (Å²) in [4.78, 5) is 13.9.